The Morgan fingerprint density at radius 2 is 2.11 bits per heavy atom. The Bertz CT molecular complexity index is 521. The summed E-state index contributed by atoms with van der Waals surface area (Å²) >= 11 is 0. The van der Waals surface area contributed by atoms with E-state index in [9.17, 15) is 5.11 Å². The van der Waals surface area contributed by atoms with Gasteiger partial charge in [-0.1, -0.05) is 12.1 Å². The molecule has 0 amide bonds. The van der Waals surface area contributed by atoms with Crippen molar-refractivity contribution in [3.63, 3.8) is 0 Å². The number of aromatic nitrogens is 2. The van der Waals surface area contributed by atoms with Crippen molar-refractivity contribution in [2.24, 2.45) is 5.73 Å². The second-order valence-corrected chi connectivity index (χ2v) is 4.36. The van der Waals surface area contributed by atoms with Crippen molar-refractivity contribution in [3.8, 4) is 5.69 Å². The van der Waals surface area contributed by atoms with Gasteiger partial charge in [-0.3, -0.25) is 4.57 Å². The molecule has 1 aromatic heterocycles. The lowest BCUT2D eigenvalue weighted by atomic mass is 10.2. The number of benzene rings is 1. The zero-order chi connectivity index (χ0) is 13.1. The van der Waals surface area contributed by atoms with E-state index in [0.717, 1.165) is 17.1 Å². The summed E-state index contributed by atoms with van der Waals surface area (Å²) in [7, 11) is 3.98. The Kier molecular flexibility index (Phi) is 3.64. The first-order valence-corrected chi connectivity index (χ1v) is 5.80. The zero-order valence-corrected chi connectivity index (χ0v) is 10.6. The summed E-state index contributed by atoms with van der Waals surface area (Å²) < 4.78 is 1.91. The van der Waals surface area contributed by atoms with Crippen molar-refractivity contribution in [1.82, 2.24) is 9.55 Å². The number of imidazole rings is 1. The number of rotatable bonds is 4. The molecule has 3 N–H and O–H groups in total. The summed E-state index contributed by atoms with van der Waals surface area (Å²) in [5.41, 5.74) is 8.75. The standard InChI is InChI=1S/C13H18N4O/c1-16(2)11-5-3-4-6-12(11)17-9-15-7-13(17)10(14)8-18/h3-7,9-10,18H,8,14H2,1-2H3. The van der Waals surface area contributed by atoms with E-state index < -0.39 is 6.04 Å². The van der Waals surface area contributed by atoms with Crippen LogP contribution < -0.4 is 10.6 Å². The molecule has 0 saturated carbocycles. The average Bonchev–Trinajstić information content (AvgIpc) is 2.86. The van der Waals surface area contributed by atoms with E-state index in [-0.39, 0.29) is 6.61 Å². The van der Waals surface area contributed by atoms with Crippen LogP contribution in [0.2, 0.25) is 0 Å². The van der Waals surface area contributed by atoms with Crippen LogP contribution in [0.5, 0.6) is 0 Å². The number of aliphatic hydroxyl groups is 1. The third kappa shape index (κ3) is 2.23. The van der Waals surface area contributed by atoms with Gasteiger partial charge in [0.25, 0.3) is 0 Å². The highest BCUT2D eigenvalue weighted by Gasteiger charge is 2.14. The van der Waals surface area contributed by atoms with Crippen LogP contribution in [0.4, 0.5) is 5.69 Å². The van der Waals surface area contributed by atoms with Gasteiger partial charge in [0.2, 0.25) is 0 Å². The van der Waals surface area contributed by atoms with Crippen LogP contribution in [0.3, 0.4) is 0 Å². The topological polar surface area (TPSA) is 67.3 Å². The maximum Gasteiger partial charge on any atom is 0.0995 e. The minimum Gasteiger partial charge on any atom is -0.394 e. The summed E-state index contributed by atoms with van der Waals surface area (Å²) in [5.74, 6) is 0. The molecule has 0 aliphatic heterocycles. The van der Waals surface area contributed by atoms with E-state index in [2.05, 4.69) is 4.98 Å². The van der Waals surface area contributed by atoms with Crippen LogP contribution >= 0.6 is 0 Å². The molecule has 1 heterocycles. The second-order valence-electron chi connectivity index (χ2n) is 4.36. The molecule has 18 heavy (non-hydrogen) atoms. The number of hydrogen-bond donors (Lipinski definition) is 2. The number of nitrogens with two attached hydrogens (primary N) is 1. The average molecular weight is 246 g/mol. The quantitative estimate of drug-likeness (QED) is 0.842. The van der Waals surface area contributed by atoms with E-state index in [1.807, 2.05) is 47.8 Å². The van der Waals surface area contributed by atoms with Crippen molar-refractivity contribution in [3.05, 3.63) is 42.5 Å². The van der Waals surface area contributed by atoms with Gasteiger partial charge in [-0.05, 0) is 12.1 Å². The van der Waals surface area contributed by atoms with E-state index in [1.165, 1.54) is 0 Å². The molecule has 0 saturated heterocycles. The van der Waals surface area contributed by atoms with Crippen molar-refractivity contribution in [2.45, 2.75) is 6.04 Å². The third-order valence-corrected chi connectivity index (χ3v) is 2.87. The summed E-state index contributed by atoms with van der Waals surface area (Å²) in [6.45, 7) is -0.101. The molecule has 0 radical (unpaired) electrons. The van der Waals surface area contributed by atoms with Crippen molar-refractivity contribution >= 4 is 5.69 Å². The molecule has 5 nitrogen and oxygen atoms in total. The highest BCUT2D eigenvalue weighted by Crippen LogP contribution is 2.25. The molecule has 96 valence electrons. The molecule has 0 bridgehead atoms. The van der Waals surface area contributed by atoms with Crippen LogP contribution in [0.15, 0.2) is 36.8 Å². The third-order valence-electron chi connectivity index (χ3n) is 2.87. The molecule has 2 aromatic rings. The SMILES string of the molecule is CN(C)c1ccccc1-n1cncc1C(N)CO. The predicted octanol–water partition coefficient (Wildman–Crippen LogP) is 0.930. The van der Waals surface area contributed by atoms with Crippen LogP contribution in [0.1, 0.15) is 11.7 Å². The molecule has 1 unspecified atom stereocenters. The largest absolute Gasteiger partial charge is 0.394 e. The molecule has 2 rings (SSSR count). The Hall–Kier alpha value is -1.85. The first-order valence-electron chi connectivity index (χ1n) is 5.80. The lowest BCUT2D eigenvalue weighted by molar-refractivity contribution is 0.265. The summed E-state index contributed by atoms with van der Waals surface area (Å²) in [6.07, 6.45) is 3.40. The smallest absolute Gasteiger partial charge is 0.0995 e. The van der Waals surface area contributed by atoms with Gasteiger partial charge in [0.1, 0.15) is 0 Å². The van der Waals surface area contributed by atoms with Gasteiger partial charge < -0.3 is 15.7 Å². The molecule has 5 heteroatoms. The maximum atomic E-state index is 9.18. The van der Waals surface area contributed by atoms with Gasteiger partial charge in [-0.2, -0.15) is 0 Å². The van der Waals surface area contributed by atoms with Gasteiger partial charge in [0.05, 0.1) is 42.2 Å². The van der Waals surface area contributed by atoms with Gasteiger partial charge in [0.15, 0.2) is 0 Å². The van der Waals surface area contributed by atoms with E-state index in [0.29, 0.717) is 0 Å². The Labute approximate surface area is 106 Å². The van der Waals surface area contributed by atoms with Gasteiger partial charge in [0, 0.05) is 14.1 Å². The minimum atomic E-state index is -0.428. The summed E-state index contributed by atoms with van der Waals surface area (Å²) in [6, 6.07) is 7.56. The zero-order valence-electron chi connectivity index (χ0n) is 10.6. The van der Waals surface area contributed by atoms with Crippen molar-refractivity contribution in [2.75, 3.05) is 25.6 Å². The van der Waals surface area contributed by atoms with Gasteiger partial charge >= 0.3 is 0 Å². The lowest BCUT2D eigenvalue weighted by Gasteiger charge is -2.20. The first kappa shape index (κ1) is 12.6. The number of nitrogens with zero attached hydrogens (tertiary/aromatic N) is 3. The fourth-order valence-electron chi connectivity index (χ4n) is 1.92. The monoisotopic (exact) mass is 246 g/mol. The van der Waals surface area contributed by atoms with Crippen LogP contribution in [0.25, 0.3) is 5.69 Å². The Morgan fingerprint density at radius 1 is 1.39 bits per heavy atom. The predicted molar refractivity (Wildman–Crippen MR) is 71.9 cm³/mol. The number of aliphatic hydroxyl groups excluding tert-OH is 1. The van der Waals surface area contributed by atoms with E-state index in [4.69, 9.17) is 5.73 Å². The normalized spacial score (nSPS) is 12.4. The molecule has 0 fully saturated rings. The van der Waals surface area contributed by atoms with Gasteiger partial charge in [-0.15, -0.1) is 0 Å². The first-order chi connectivity index (χ1) is 8.65. The van der Waals surface area contributed by atoms with Crippen molar-refractivity contribution in [1.29, 1.82) is 0 Å². The molecule has 1 aromatic carbocycles. The van der Waals surface area contributed by atoms with E-state index in [1.54, 1.807) is 12.5 Å². The fraction of sp³-hybridized carbons (Fsp3) is 0.308. The molecular formula is C13H18N4O. The van der Waals surface area contributed by atoms with Crippen LogP contribution in [0, 0.1) is 0 Å². The molecule has 0 aliphatic rings. The summed E-state index contributed by atoms with van der Waals surface area (Å²) in [4.78, 5) is 6.15. The maximum absolute atomic E-state index is 9.18. The highest BCUT2D eigenvalue weighted by atomic mass is 16.3. The second kappa shape index (κ2) is 5.20. The molecular weight excluding hydrogens is 228 g/mol. The number of hydrogen-bond acceptors (Lipinski definition) is 4. The molecule has 1 atom stereocenters. The van der Waals surface area contributed by atoms with Crippen LogP contribution in [-0.4, -0.2) is 35.4 Å². The number of anilines is 1. The molecule has 0 aliphatic carbocycles. The van der Waals surface area contributed by atoms with E-state index >= 15 is 0 Å². The highest BCUT2D eigenvalue weighted by molar-refractivity contribution is 5.62. The van der Waals surface area contributed by atoms with Crippen molar-refractivity contribution < 1.29 is 5.11 Å². The van der Waals surface area contributed by atoms with Crippen LogP contribution in [-0.2, 0) is 0 Å². The lowest BCUT2D eigenvalue weighted by Crippen LogP contribution is -2.19. The number of para-hydroxylation sites is 2. The molecule has 0 spiro atoms. The fourth-order valence-corrected chi connectivity index (χ4v) is 1.92. The summed E-state index contributed by atoms with van der Waals surface area (Å²) in [5, 5.41) is 9.18. The van der Waals surface area contributed by atoms with Gasteiger partial charge in [-0.25, -0.2) is 4.98 Å². The Morgan fingerprint density at radius 3 is 2.78 bits per heavy atom. The Balaban J connectivity index is 2.52. The minimum absolute atomic E-state index is 0.101.